The Morgan fingerprint density at radius 2 is 1.86 bits per heavy atom. The maximum absolute atomic E-state index is 12.3. The molecule has 7 nitrogen and oxygen atoms in total. The highest BCUT2D eigenvalue weighted by atomic mass is 16.6. The normalized spacial score (nSPS) is 16.0. The third kappa shape index (κ3) is 4.94. The number of para-hydroxylation sites is 2. The van der Waals surface area contributed by atoms with E-state index in [2.05, 4.69) is 5.32 Å². The van der Waals surface area contributed by atoms with Gasteiger partial charge in [0, 0.05) is 6.54 Å². The van der Waals surface area contributed by atoms with Gasteiger partial charge in [0.15, 0.2) is 17.6 Å². The SMILES string of the molecule is COc1ccc(CCNC(=O)[C@@H](C)OC(=O)[C@@H]2COc3ccccc3O2)cc1. The number of nitrogens with one attached hydrogen (secondary N) is 1. The number of fused-ring (bicyclic) bond motifs is 1. The summed E-state index contributed by atoms with van der Waals surface area (Å²) in [6.07, 6.45) is -1.17. The van der Waals surface area contributed by atoms with Crippen molar-refractivity contribution in [1.82, 2.24) is 5.32 Å². The molecule has 0 bridgehead atoms. The average molecular weight is 385 g/mol. The second-order valence-corrected chi connectivity index (χ2v) is 6.33. The molecule has 1 aliphatic rings. The smallest absolute Gasteiger partial charge is 0.351 e. The summed E-state index contributed by atoms with van der Waals surface area (Å²) in [5.74, 6) is 0.847. The predicted octanol–water partition coefficient (Wildman–Crippen LogP) is 2.13. The van der Waals surface area contributed by atoms with Gasteiger partial charge in [-0.05, 0) is 43.2 Å². The van der Waals surface area contributed by atoms with Crippen molar-refractivity contribution in [1.29, 1.82) is 0 Å². The lowest BCUT2D eigenvalue weighted by atomic mass is 10.1. The fourth-order valence-corrected chi connectivity index (χ4v) is 2.71. The summed E-state index contributed by atoms with van der Waals surface area (Å²) in [7, 11) is 1.61. The van der Waals surface area contributed by atoms with E-state index in [4.69, 9.17) is 18.9 Å². The van der Waals surface area contributed by atoms with Crippen LogP contribution in [0.2, 0.25) is 0 Å². The number of methoxy groups -OCH3 is 1. The van der Waals surface area contributed by atoms with Crippen LogP contribution in [0.5, 0.6) is 17.2 Å². The molecule has 0 unspecified atom stereocenters. The topological polar surface area (TPSA) is 83.1 Å². The van der Waals surface area contributed by atoms with Crippen molar-refractivity contribution < 1.29 is 28.5 Å². The monoisotopic (exact) mass is 385 g/mol. The summed E-state index contributed by atoms with van der Waals surface area (Å²) >= 11 is 0. The van der Waals surface area contributed by atoms with Crippen LogP contribution in [0.1, 0.15) is 12.5 Å². The van der Waals surface area contributed by atoms with Gasteiger partial charge in [-0.1, -0.05) is 24.3 Å². The van der Waals surface area contributed by atoms with Gasteiger partial charge >= 0.3 is 5.97 Å². The maximum atomic E-state index is 12.3. The second kappa shape index (κ2) is 9.12. The Bertz CT molecular complexity index is 820. The van der Waals surface area contributed by atoms with Crippen molar-refractivity contribution in [3.63, 3.8) is 0 Å². The van der Waals surface area contributed by atoms with E-state index >= 15 is 0 Å². The van der Waals surface area contributed by atoms with Gasteiger partial charge in [0.1, 0.15) is 12.4 Å². The molecule has 2 aromatic rings. The zero-order valence-electron chi connectivity index (χ0n) is 15.8. The van der Waals surface area contributed by atoms with Crippen LogP contribution in [0.15, 0.2) is 48.5 Å². The van der Waals surface area contributed by atoms with E-state index in [0.717, 1.165) is 11.3 Å². The Kier molecular flexibility index (Phi) is 6.37. The molecule has 28 heavy (non-hydrogen) atoms. The van der Waals surface area contributed by atoms with Crippen LogP contribution in [-0.2, 0) is 20.7 Å². The molecule has 0 spiro atoms. The van der Waals surface area contributed by atoms with Gasteiger partial charge in [0.05, 0.1) is 7.11 Å². The van der Waals surface area contributed by atoms with Crippen LogP contribution in [-0.4, -0.2) is 44.3 Å². The molecule has 0 saturated heterocycles. The highest BCUT2D eigenvalue weighted by Gasteiger charge is 2.31. The number of amides is 1. The zero-order valence-corrected chi connectivity index (χ0v) is 15.8. The first kappa shape index (κ1) is 19.5. The Morgan fingerprint density at radius 1 is 1.14 bits per heavy atom. The fraction of sp³-hybridized carbons (Fsp3) is 0.333. The zero-order chi connectivity index (χ0) is 19.9. The Hall–Kier alpha value is -3.22. The number of rotatable bonds is 7. The molecule has 0 aliphatic carbocycles. The van der Waals surface area contributed by atoms with E-state index in [1.54, 1.807) is 25.3 Å². The van der Waals surface area contributed by atoms with E-state index in [1.807, 2.05) is 30.3 Å². The van der Waals surface area contributed by atoms with Crippen LogP contribution in [0.25, 0.3) is 0 Å². The molecule has 0 radical (unpaired) electrons. The quantitative estimate of drug-likeness (QED) is 0.735. The third-order valence-corrected chi connectivity index (χ3v) is 4.31. The van der Waals surface area contributed by atoms with Crippen molar-refractivity contribution in [3.8, 4) is 17.2 Å². The summed E-state index contributed by atoms with van der Waals surface area (Å²) in [6, 6.07) is 14.7. The Labute approximate surface area is 163 Å². The predicted molar refractivity (Wildman–Crippen MR) is 102 cm³/mol. The van der Waals surface area contributed by atoms with Crippen molar-refractivity contribution in [3.05, 3.63) is 54.1 Å². The number of carbonyl (C=O) groups is 2. The molecule has 1 aliphatic heterocycles. The first-order valence-corrected chi connectivity index (χ1v) is 9.06. The van der Waals surface area contributed by atoms with Gasteiger partial charge in [-0.2, -0.15) is 0 Å². The Morgan fingerprint density at radius 3 is 2.57 bits per heavy atom. The maximum Gasteiger partial charge on any atom is 0.351 e. The van der Waals surface area contributed by atoms with Gasteiger partial charge < -0.3 is 24.3 Å². The van der Waals surface area contributed by atoms with Gasteiger partial charge in [-0.15, -0.1) is 0 Å². The van der Waals surface area contributed by atoms with Crippen molar-refractivity contribution in [2.45, 2.75) is 25.6 Å². The van der Waals surface area contributed by atoms with E-state index in [9.17, 15) is 9.59 Å². The molecule has 2 aromatic carbocycles. The summed E-state index contributed by atoms with van der Waals surface area (Å²) < 4.78 is 21.4. The minimum absolute atomic E-state index is 0.0433. The van der Waals surface area contributed by atoms with Gasteiger partial charge in [0.2, 0.25) is 6.10 Å². The molecule has 1 heterocycles. The molecular weight excluding hydrogens is 362 g/mol. The molecule has 3 rings (SSSR count). The summed E-state index contributed by atoms with van der Waals surface area (Å²) in [5, 5.41) is 2.76. The fourth-order valence-electron chi connectivity index (χ4n) is 2.71. The van der Waals surface area contributed by atoms with Crippen molar-refractivity contribution in [2.75, 3.05) is 20.3 Å². The average Bonchev–Trinajstić information content (AvgIpc) is 2.73. The van der Waals surface area contributed by atoms with Gasteiger partial charge in [-0.3, -0.25) is 4.79 Å². The number of hydrogen-bond acceptors (Lipinski definition) is 6. The summed E-state index contributed by atoms with van der Waals surface area (Å²) in [5.41, 5.74) is 1.07. The molecule has 0 fully saturated rings. The third-order valence-electron chi connectivity index (χ3n) is 4.31. The van der Waals surface area contributed by atoms with Gasteiger partial charge in [0.25, 0.3) is 5.91 Å². The van der Waals surface area contributed by atoms with E-state index < -0.39 is 18.2 Å². The van der Waals surface area contributed by atoms with Crippen LogP contribution < -0.4 is 19.5 Å². The van der Waals surface area contributed by atoms with Crippen molar-refractivity contribution >= 4 is 11.9 Å². The number of hydrogen-bond donors (Lipinski definition) is 1. The summed E-state index contributed by atoms with van der Waals surface area (Å²) in [6.45, 7) is 2.00. The minimum Gasteiger partial charge on any atom is -0.497 e. The lowest BCUT2D eigenvalue weighted by Crippen LogP contribution is -2.43. The van der Waals surface area contributed by atoms with E-state index in [-0.39, 0.29) is 12.5 Å². The van der Waals surface area contributed by atoms with E-state index in [0.29, 0.717) is 24.5 Å². The molecule has 1 amide bonds. The van der Waals surface area contributed by atoms with Crippen molar-refractivity contribution in [2.24, 2.45) is 0 Å². The van der Waals surface area contributed by atoms with Crippen LogP contribution in [0.4, 0.5) is 0 Å². The molecule has 1 N–H and O–H groups in total. The van der Waals surface area contributed by atoms with Crippen LogP contribution in [0.3, 0.4) is 0 Å². The number of ether oxygens (including phenoxy) is 4. The standard InChI is InChI=1S/C21H23NO6/c1-14(20(23)22-12-11-15-7-9-16(25-2)10-8-15)27-21(24)19-13-26-17-5-3-4-6-18(17)28-19/h3-10,14,19H,11-13H2,1-2H3,(H,22,23)/t14-,19+/m1/s1. The first-order chi connectivity index (χ1) is 13.6. The first-order valence-electron chi connectivity index (χ1n) is 9.06. The van der Waals surface area contributed by atoms with Gasteiger partial charge in [-0.25, -0.2) is 4.79 Å². The molecule has 148 valence electrons. The van der Waals surface area contributed by atoms with E-state index in [1.165, 1.54) is 6.92 Å². The molecule has 0 aromatic heterocycles. The number of carbonyl (C=O) groups excluding carboxylic acids is 2. The Balaban J connectivity index is 1.43. The molecule has 2 atom stereocenters. The number of esters is 1. The lowest BCUT2D eigenvalue weighted by molar-refractivity contribution is -0.163. The van der Waals surface area contributed by atoms with Crippen LogP contribution in [0, 0.1) is 0 Å². The highest BCUT2D eigenvalue weighted by Crippen LogP contribution is 2.31. The second-order valence-electron chi connectivity index (χ2n) is 6.33. The molecular formula is C21H23NO6. The minimum atomic E-state index is -0.927. The largest absolute Gasteiger partial charge is 0.497 e. The number of benzene rings is 2. The lowest BCUT2D eigenvalue weighted by Gasteiger charge is -2.25. The summed E-state index contributed by atoms with van der Waals surface area (Å²) in [4.78, 5) is 24.4. The molecule has 0 saturated carbocycles. The highest BCUT2D eigenvalue weighted by molar-refractivity contribution is 5.84. The molecule has 7 heteroatoms. The van der Waals surface area contributed by atoms with Crippen LogP contribution >= 0.6 is 0 Å².